The summed E-state index contributed by atoms with van der Waals surface area (Å²) in [4.78, 5) is 2.67. The molecule has 2 aliphatic rings. The van der Waals surface area contributed by atoms with Crippen LogP contribution in [0.4, 0.5) is 0 Å². The Kier molecular flexibility index (Phi) is 5.46. The van der Waals surface area contributed by atoms with E-state index in [1.165, 1.54) is 58.3 Å². The van der Waals surface area contributed by atoms with Gasteiger partial charge in [-0.05, 0) is 51.1 Å². The Morgan fingerprint density at radius 1 is 1.33 bits per heavy atom. The average Bonchev–Trinajstić information content (AvgIpc) is 2.55. The van der Waals surface area contributed by atoms with Crippen molar-refractivity contribution in [3.63, 3.8) is 0 Å². The molecule has 0 spiro atoms. The summed E-state index contributed by atoms with van der Waals surface area (Å²) in [5.41, 5.74) is 0.573. The van der Waals surface area contributed by atoms with Crippen LogP contribution >= 0.6 is 0 Å². The fourth-order valence-corrected chi connectivity index (χ4v) is 3.67. The van der Waals surface area contributed by atoms with E-state index >= 15 is 0 Å². The van der Waals surface area contributed by atoms with Gasteiger partial charge in [-0.3, -0.25) is 0 Å². The minimum atomic E-state index is 0.410. The second kappa shape index (κ2) is 6.88. The molecule has 3 heteroatoms. The number of ether oxygens (including phenoxy) is 1. The quantitative estimate of drug-likeness (QED) is 0.833. The molecule has 0 bridgehead atoms. The summed E-state index contributed by atoms with van der Waals surface area (Å²) in [7, 11) is 0. The van der Waals surface area contributed by atoms with E-state index in [2.05, 4.69) is 24.1 Å². The van der Waals surface area contributed by atoms with Gasteiger partial charge in [0.1, 0.15) is 0 Å². The molecule has 3 nitrogen and oxygen atoms in total. The minimum Gasteiger partial charge on any atom is -0.377 e. The SMILES string of the molecule is CCCC1(CN2CCCOC(C)C2)CCNCC1. The predicted octanol–water partition coefficient (Wildman–Crippen LogP) is 2.27. The van der Waals surface area contributed by atoms with Gasteiger partial charge in [-0.15, -0.1) is 0 Å². The van der Waals surface area contributed by atoms with E-state index in [1.807, 2.05) is 0 Å². The lowest BCUT2D eigenvalue weighted by molar-refractivity contribution is 0.0511. The molecular formula is C15H30N2O. The molecule has 2 aliphatic heterocycles. The molecule has 1 N–H and O–H groups in total. The van der Waals surface area contributed by atoms with Crippen LogP contribution in [0.5, 0.6) is 0 Å². The van der Waals surface area contributed by atoms with Crippen LogP contribution in [0.1, 0.15) is 46.0 Å². The number of nitrogens with zero attached hydrogens (tertiary/aromatic N) is 1. The fourth-order valence-electron chi connectivity index (χ4n) is 3.67. The van der Waals surface area contributed by atoms with Crippen LogP contribution < -0.4 is 5.32 Å². The van der Waals surface area contributed by atoms with Crippen molar-refractivity contribution in [3.8, 4) is 0 Å². The van der Waals surface area contributed by atoms with E-state index in [4.69, 9.17) is 4.74 Å². The van der Waals surface area contributed by atoms with Crippen molar-refractivity contribution in [2.75, 3.05) is 39.3 Å². The highest BCUT2D eigenvalue weighted by Crippen LogP contribution is 2.35. The van der Waals surface area contributed by atoms with Crippen molar-refractivity contribution in [3.05, 3.63) is 0 Å². The average molecular weight is 254 g/mol. The smallest absolute Gasteiger partial charge is 0.0673 e. The van der Waals surface area contributed by atoms with E-state index in [0.29, 0.717) is 11.5 Å². The summed E-state index contributed by atoms with van der Waals surface area (Å²) in [6.07, 6.45) is 7.03. The Bertz CT molecular complexity index is 233. The first-order chi connectivity index (χ1) is 8.74. The van der Waals surface area contributed by atoms with E-state index < -0.39 is 0 Å². The van der Waals surface area contributed by atoms with Crippen LogP contribution in [0.25, 0.3) is 0 Å². The topological polar surface area (TPSA) is 24.5 Å². The molecule has 0 aromatic rings. The number of piperidine rings is 1. The van der Waals surface area contributed by atoms with Crippen molar-refractivity contribution in [2.45, 2.75) is 52.1 Å². The zero-order valence-corrected chi connectivity index (χ0v) is 12.2. The Morgan fingerprint density at radius 2 is 2.11 bits per heavy atom. The lowest BCUT2D eigenvalue weighted by Crippen LogP contribution is -2.46. The van der Waals surface area contributed by atoms with Crippen LogP contribution in [0, 0.1) is 5.41 Å². The van der Waals surface area contributed by atoms with Crippen molar-refractivity contribution in [1.29, 1.82) is 0 Å². The van der Waals surface area contributed by atoms with Crippen LogP contribution in [0.2, 0.25) is 0 Å². The summed E-state index contributed by atoms with van der Waals surface area (Å²) >= 11 is 0. The highest BCUT2D eigenvalue weighted by Gasteiger charge is 2.33. The summed E-state index contributed by atoms with van der Waals surface area (Å²) in [6, 6.07) is 0. The lowest BCUT2D eigenvalue weighted by atomic mass is 9.75. The van der Waals surface area contributed by atoms with E-state index in [0.717, 1.165) is 13.2 Å². The Balaban J connectivity index is 1.94. The normalized spacial score (nSPS) is 30.0. The van der Waals surface area contributed by atoms with Gasteiger partial charge >= 0.3 is 0 Å². The van der Waals surface area contributed by atoms with Crippen molar-refractivity contribution in [2.24, 2.45) is 5.41 Å². The van der Waals surface area contributed by atoms with Crippen LogP contribution in [-0.2, 0) is 4.74 Å². The van der Waals surface area contributed by atoms with Gasteiger partial charge in [-0.25, -0.2) is 0 Å². The van der Waals surface area contributed by atoms with Crippen molar-refractivity contribution < 1.29 is 4.74 Å². The first-order valence-corrected chi connectivity index (χ1v) is 7.79. The maximum atomic E-state index is 5.76. The Labute approximate surface area is 112 Å². The number of nitrogens with one attached hydrogen (secondary N) is 1. The first-order valence-electron chi connectivity index (χ1n) is 7.79. The zero-order chi connectivity index (χ0) is 12.8. The molecular weight excluding hydrogens is 224 g/mol. The molecule has 2 fully saturated rings. The molecule has 1 unspecified atom stereocenters. The van der Waals surface area contributed by atoms with Gasteiger partial charge in [-0.1, -0.05) is 13.3 Å². The predicted molar refractivity (Wildman–Crippen MR) is 75.9 cm³/mol. The van der Waals surface area contributed by atoms with E-state index in [9.17, 15) is 0 Å². The molecule has 1 atom stereocenters. The van der Waals surface area contributed by atoms with Gasteiger partial charge in [0, 0.05) is 26.2 Å². The number of hydrogen-bond acceptors (Lipinski definition) is 3. The molecule has 0 aromatic carbocycles. The fraction of sp³-hybridized carbons (Fsp3) is 1.00. The standard InChI is InChI=1S/C15H30N2O/c1-3-5-15(6-8-16-9-7-15)13-17-10-4-11-18-14(2)12-17/h14,16H,3-13H2,1-2H3. The van der Waals surface area contributed by atoms with Gasteiger partial charge in [0.25, 0.3) is 0 Å². The largest absolute Gasteiger partial charge is 0.377 e. The highest BCUT2D eigenvalue weighted by molar-refractivity contribution is 4.88. The number of hydrogen-bond donors (Lipinski definition) is 1. The summed E-state index contributed by atoms with van der Waals surface area (Å²) in [5.74, 6) is 0. The molecule has 0 radical (unpaired) electrons. The molecule has 106 valence electrons. The van der Waals surface area contributed by atoms with Crippen LogP contribution in [0.15, 0.2) is 0 Å². The minimum absolute atomic E-state index is 0.410. The molecule has 2 saturated heterocycles. The van der Waals surface area contributed by atoms with Crippen molar-refractivity contribution >= 4 is 0 Å². The molecule has 2 heterocycles. The lowest BCUT2D eigenvalue weighted by Gasteiger charge is -2.41. The van der Waals surface area contributed by atoms with Gasteiger partial charge in [0.05, 0.1) is 6.10 Å². The first kappa shape index (κ1) is 14.3. The summed E-state index contributed by atoms with van der Waals surface area (Å²) in [6.45, 7) is 11.5. The van der Waals surface area contributed by atoms with Crippen LogP contribution in [0.3, 0.4) is 0 Å². The molecule has 0 amide bonds. The maximum absolute atomic E-state index is 5.76. The summed E-state index contributed by atoms with van der Waals surface area (Å²) < 4.78 is 5.76. The monoisotopic (exact) mass is 254 g/mol. The van der Waals surface area contributed by atoms with E-state index in [1.54, 1.807) is 0 Å². The molecule has 0 saturated carbocycles. The van der Waals surface area contributed by atoms with Gasteiger partial charge in [-0.2, -0.15) is 0 Å². The molecule has 0 aliphatic carbocycles. The van der Waals surface area contributed by atoms with Crippen molar-refractivity contribution in [1.82, 2.24) is 10.2 Å². The van der Waals surface area contributed by atoms with E-state index in [-0.39, 0.29) is 0 Å². The molecule has 18 heavy (non-hydrogen) atoms. The third kappa shape index (κ3) is 3.94. The van der Waals surface area contributed by atoms with Crippen LogP contribution in [-0.4, -0.2) is 50.3 Å². The number of rotatable bonds is 4. The molecule has 0 aromatic heterocycles. The van der Waals surface area contributed by atoms with Gasteiger partial charge < -0.3 is 15.0 Å². The third-order valence-electron chi connectivity index (χ3n) is 4.54. The zero-order valence-electron chi connectivity index (χ0n) is 12.2. The Hall–Kier alpha value is -0.120. The van der Waals surface area contributed by atoms with Gasteiger partial charge in [0.15, 0.2) is 0 Å². The second-order valence-electron chi connectivity index (χ2n) is 6.27. The third-order valence-corrected chi connectivity index (χ3v) is 4.54. The van der Waals surface area contributed by atoms with Gasteiger partial charge in [0.2, 0.25) is 0 Å². The second-order valence-corrected chi connectivity index (χ2v) is 6.27. The Morgan fingerprint density at radius 3 is 2.83 bits per heavy atom. The maximum Gasteiger partial charge on any atom is 0.0673 e. The summed E-state index contributed by atoms with van der Waals surface area (Å²) in [5, 5.41) is 3.51. The highest BCUT2D eigenvalue weighted by atomic mass is 16.5. The molecule has 2 rings (SSSR count).